The zero-order valence-corrected chi connectivity index (χ0v) is 12.1. The van der Waals surface area contributed by atoms with Crippen LogP contribution in [0.3, 0.4) is 0 Å². The summed E-state index contributed by atoms with van der Waals surface area (Å²) in [7, 11) is 3.12. The Bertz CT molecular complexity index is 446. The molecule has 110 valence electrons. The third kappa shape index (κ3) is 2.88. The van der Waals surface area contributed by atoms with E-state index >= 15 is 0 Å². The van der Waals surface area contributed by atoms with Crippen LogP contribution in [0.25, 0.3) is 0 Å². The van der Waals surface area contributed by atoms with E-state index in [-0.39, 0.29) is 5.91 Å². The Morgan fingerprint density at radius 3 is 2.25 bits per heavy atom. The largest absolute Gasteiger partial charge is 0.496 e. The highest BCUT2D eigenvalue weighted by Gasteiger charge is 2.27. The van der Waals surface area contributed by atoms with Crippen LogP contribution in [0, 0.1) is 5.92 Å². The molecule has 1 saturated heterocycles. The van der Waals surface area contributed by atoms with Crippen molar-refractivity contribution in [2.24, 2.45) is 11.7 Å². The molecule has 1 amide bonds. The summed E-state index contributed by atoms with van der Waals surface area (Å²) in [5.74, 6) is 1.60. The minimum atomic E-state index is -0.0326. The van der Waals surface area contributed by atoms with Crippen LogP contribution in [0.5, 0.6) is 11.5 Å². The van der Waals surface area contributed by atoms with Gasteiger partial charge in [0.05, 0.1) is 14.2 Å². The Kier molecular flexibility index (Phi) is 4.84. The Morgan fingerprint density at radius 1 is 1.25 bits per heavy atom. The number of carbonyl (C=O) groups is 1. The van der Waals surface area contributed by atoms with Crippen LogP contribution in [0.4, 0.5) is 0 Å². The molecule has 2 rings (SSSR count). The predicted octanol–water partition coefficient (Wildman–Crippen LogP) is 1.51. The standard InChI is InChI=1S/C15H22N2O3/c1-19-12-4-3-5-13(20-2)14(12)15(18)17-8-6-11(10-16)7-9-17/h3-5,11H,6-10,16H2,1-2H3. The van der Waals surface area contributed by atoms with Gasteiger partial charge >= 0.3 is 0 Å². The van der Waals surface area contributed by atoms with Gasteiger partial charge in [0, 0.05) is 13.1 Å². The van der Waals surface area contributed by atoms with Crippen molar-refractivity contribution < 1.29 is 14.3 Å². The molecule has 5 nitrogen and oxygen atoms in total. The van der Waals surface area contributed by atoms with E-state index in [1.807, 2.05) is 11.0 Å². The Labute approximate surface area is 119 Å². The maximum Gasteiger partial charge on any atom is 0.261 e. The molecule has 1 fully saturated rings. The first-order valence-corrected chi connectivity index (χ1v) is 6.91. The fraction of sp³-hybridized carbons (Fsp3) is 0.533. The zero-order valence-electron chi connectivity index (χ0n) is 12.1. The minimum absolute atomic E-state index is 0.0326. The van der Waals surface area contributed by atoms with Crippen LogP contribution < -0.4 is 15.2 Å². The second kappa shape index (κ2) is 6.61. The van der Waals surface area contributed by atoms with Gasteiger partial charge in [-0.3, -0.25) is 4.79 Å². The van der Waals surface area contributed by atoms with Gasteiger partial charge in [-0.25, -0.2) is 0 Å². The second-order valence-electron chi connectivity index (χ2n) is 5.01. The number of hydrogen-bond acceptors (Lipinski definition) is 4. The first kappa shape index (κ1) is 14.7. The lowest BCUT2D eigenvalue weighted by Crippen LogP contribution is -2.40. The van der Waals surface area contributed by atoms with E-state index < -0.39 is 0 Å². The summed E-state index contributed by atoms with van der Waals surface area (Å²) in [5.41, 5.74) is 6.19. The molecule has 0 spiro atoms. The van der Waals surface area contributed by atoms with E-state index in [1.165, 1.54) is 0 Å². The number of hydrogen-bond donors (Lipinski definition) is 1. The van der Waals surface area contributed by atoms with E-state index in [4.69, 9.17) is 15.2 Å². The molecule has 1 aromatic carbocycles. The summed E-state index contributed by atoms with van der Waals surface area (Å²) in [6, 6.07) is 5.37. The average molecular weight is 278 g/mol. The molecule has 1 aliphatic heterocycles. The molecule has 0 aliphatic carbocycles. The van der Waals surface area contributed by atoms with Crippen LogP contribution in [0.15, 0.2) is 18.2 Å². The maximum atomic E-state index is 12.7. The average Bonchev–Trinajstić information content (AvgIpc) is 2.53. The molecule has 0 radical (unpaired) electrons. The number of amides is 1. The summed E-state index contributed by atoms with van der Waals surface area (Å²) in [5, 5.41) is 0. The molecule has 0 unspecified atom stereocenters. The van der Waals surface area contributed by atoms with Gasteiger partial charge in [0.25, 0.3) is 5.91 Å². The van der Waals surface area contributed by atoms with Gasteiger partial charge in [-0.2, -0.15) is 0 Å². The molecule has 1 heterocycles. The SMILES string of the molecule is COc1cccc(OC)c1C(=O)N1CCC(CN)CC1. The molecule has 0 bridgehead atoms. The molecule has 2 N–H and O–H groups in total. The van der Waals surface area contributed by atoms with Gasteiger partial charge in [0.15, 0.2) is 0 Å². The number of piperidine rings is 1. The topological polar surface area (TPSA) is 64.8 Å². The quantitative estimate of drug-likeness (QED) is 0.907. The molecular weight excluding hydrogens is 256 g/mol. The first-order valence-electron chi connectivity index (χ1n) is 6.91. The van der Waals surface area contributed by atoms with Crippen molar-refractivity contribution >= 4 is 5.91 Å². The fourth-order valence-corrected chi connectivity index (χ4v) is 2.59. The Balaban J connectivity index is 2.21. The van der Waals surface area contributed by atoms with Gasteiger partial charge in [0.2, 0.25) is 0 Å². The van der Waals surface area contributed by atoms with E-state index in [0.717, 1.165) is 25.9 Å². The molecule has 5 heteroatoms. The van der Waals surface area contributed by atoms with Gasteiger partial charge in [-0.05, 0) is 37.4 Å². The normalized spacial score (nSPS) is 16.1. The molecule has 0 atom stereocenters. The van der Waals surface area contributed by atoms with E-state index in [2.05, 4.69) is 0 Å². The van der Waals surface area contributed by atoms with Crippen molar-refractivity contribution in [3.63, 3.8) is 0 Å². The van der Waals surface area contributed by atoms with E-state index in [9.17, 15) is 4.79 Å². The third-order valence-corrected chi connectivity index (χ3v) is 3.88. The van der Waals surface area contributed by atoms with E-state index in [0.29, 0.717) is 29.5 Å². The first-order chi connectivity index (χ1) is 9.71. The lowest BCUT2D eigenvalue weighted by Gasteiger charge is -2.32. The molecule has 0 aromatic heterocycles. The monoisotopic (exact) mass is 278 g/mol. The van der Waals surface area contributed by atoms with Crippen molar-refractivity contribution in [3.8, 4) is 11.5 Å². The highest BCUT2D eigenvalue weighted by Crippen LogP contribution is 2.30. The van der Waals surface area contributed by atoms with Crippen molar-refractivity contribution in [1.29, 1.82) is 0 Å². The number of methoxy groups -OCH3 is 2. The third-order valence-electron chi connectivity index (χ3n) is 3.88. The van der Waals surface area contributed by atoms with Crippen molar-refractivity contribution in [3.05, 3.63) is 23.8 Å². The second-order valence-corrected chi connectivity index (χ2v) is 5.01. The van der Waals surface area contributed by atoms with Crippen molar-refractivity contribution in [1.82, 2.24) is 4.90 Å². The summed E-state index contributed by atoms with van der Waals surface area (Å²) in [6.07, 6.45) is 1.92. The summed E-state index contributed by atoms with van der Waals surface area (Å²) >= 11 is 0. The van der Waals surface area contributed by atoms with Gasteiger partial charge in [-0.15, -0.1) is 0 Å². The highest BCUT2D eigenvalue weighted by molar-refractivity contribution is 5.99. The minimum Gasteiger partial charge on any atom is -0.496 e. The fourth-order valence-electron chi connectivity index (χ4n) is 2.59. The summed E-state index contributed by atoms with van der Waals surface area (Å²) in [6.45, 7) is 2.17. The highest BCUT2D eigenvalue weighted by atomic mass is 16.5. The van der Waals surface area contributed by atoms with Crippen LogP contribution in [-0.4, -0.2) is 44.7 Å². The number of carbonyl (C=O) groups excluding carboxylic acids is 1. The van der Waals surface area contributed by atoms with Crippen LogP contribution in [-0.2, 0) is 0 Å². The van der Waals surface area contributed by atoms with Gasteiger partial charge < -0.3 is 20.1 Å². The number of ether oxygens (including phenoxy) is 2. The van der Waals surface area contributed by atoms with Crippen LogP contribution in [0.1, 0.15) is 23.2 Å². The predicted molar refractivity (Wildman–Crippen MR) is 77.2 cm³/mol. The van der Waals surface area contributed by atoms with Crippen LogP contribution in [0.2, 0.25) is 0 Å². The Morgan fingerprint density at radius 2 is 1.80 bits per heavy atom. The number of nitrogens with zero attached hydrogens (tertiary/aromatic N) is 1. The number of nitrogens with two attached hydrogens (primary N) is 1. The number of rotatable bonds is 4. The van der Waals surface area contributed by atoms with Gasteiger partial charge in [0.1, 0.15) is 17.1 Å². The molecular formula is C15H22N2O3. The summed E-state index contributed by atoms with van der Waals surface area (Å²) < 4.78 is 10.6. The molecule has 1 aliphatic rings. The summed E-state index contributed by atoms with van der Waals surface area (Å²) in [4.78, 5) is 14.5. The molecule has 0 saturated carbocycles. The molecule has 1 aromatic rings. The smallest absolute Gasteiger partial charge is 0.261 e. The lowest BCUT2D eigenvalue weighted by molar-refractivity contribution is 0.0686. The number of benzene rings is 1. The molecule has 20 heavy (non-hydrogen) atoms. The van der Waals surface area contributed by atoms with E-state index in [1.54, 1.807) is 26.4 Å². The van der Waals surface area contributed by atoms with Crippen molar-refractivity contribution in [2.75, 3.05) is 33.9 Å². The van der Waals surface area contributed by atoms with Crippen molar-refractivity contribution in [2.45, 2.75) is 12.8 Å². The maximum absolute atomic E-state index is 12.7. The Hall–Kier alpha value is -1.75. The lowest BCUT2D eigenvalue weighted by atomic mass is 9.96. The number of likely N-dealkylation sites (tertiary alicyclic amines) is 1. The zero-order chi connectivity index (χ0) is 14.5. The van der Waals surface area contributed by atoms with Crippen LogP contribution >= 0.6 is 0 Å². The van der Waals surface area contributed by atoms with Gasteiger partial charge in [-0.1, -0.05) is 6.07 Å².